The van der Waals surface area contributed by atoms with Crippen molar-refractivity contribution in [3.8, 4) is 0 Å². The lowest BCUT2D eigenvalue weighted by Gasteiger charge is -2.47. The molecule has 0 bridgehead atoms. The van der Waals surface area contributed by atoms with Crippen LogP contribution in [0.4, 0.5) is 0 Å². The van der Waals surface area contributed by atoms with E-state index in [1.165, 1.54) is 17.7 Å². The number of hydrogen-bond donors (Lipinski definition) is 1. The number of aryl methyl sites for hydroxylation is 2. The number of aromatic nitrogens is 1. The maximum Gasteiger partial charge on any atom is 0.271 e. The second-order valence-corrected chi connectivity index (χ2v) is 11.7. The standard InChI is InChI=1S/C28H37N3O3S/c1-4-22-16-23-25(35-22)17-24-26(32)31(19(2)13-14-21-12-9-15-34-21)28(3,18-30(23)24)27(33)29-20-10-7-5-6-8-11-20/h9,12,15-17,19-20H,4-8,10-11,13-14,18H2,1-3H3,(H,29,33). The molecule has 2 unspecified atom stereocenters. The second kappa shape index (κ2) is 9.84. The molecule has 2 aliphatic rings. The maximum atomic E-state index is 14.0. The minimum Gasteiger partial charge on any atom is -0.469 e. The number of thiophene rings is 1. The molecule has 1 aliphatic heterocycles. The summed E-state index contributed by atoms with van der Waals surface area (Å²) in [4.78, 5) is 31.2. The van der Waals surface area contributed by atoms with E-state index in [1.54, 1.807) is 17.6 Å². The van der Waals surface area contributed by atoms with Gasteiger partial charge in [-0.2, -0.15) is 0 Å². The van der Waals surface area contributed by atoms with Crippen LogP contribution in [0.25, 0.3) is 10.2 Å². The van der Waals surface area contributed by atoms with E-state index in [0.717, 1.165) is 60.9 Å². The van der Waals surface area contributed by atoms with Gasteiger partial charge in [0.1, 0.15) is 17.0 Å². The predicted molar refractivity (Wildman–Crippen MR) is 140 cm³/mol. The molecule has 2 atom stereocenters. The number of carbonyl (C=O) groups excluding carboxylic acids is 2. The quantitative estimate of drug-likeness (QED) is 0.413. The van der Waals surface area contributed by atoms with Gasteiger partial charge in [0.2, 0.25) is 5.91 Å². The number of amides is 2. The average molecular weight is 496 g/mol. The van der Waals surface area contributed by atoms with E-state index in [2.05, 4.69) is 29.8 Å². The summed E-state index contributed by atoms with van der Waals surface area (Å²) in [6.45, 7) is 6.65. The van der Waals surface area contributed by atoms with E-state index < -0.39 is 5.54 Å². The van der Waals surface area contributed by atoms with E-state index >= 15 is 0 Å². The van der Waals surface area contributed by atoms with Crippen molar-refractivity contribution < 1.29 is 14.0 Å². The van der Waals surface area contributed by atoms with E-state index in [-0.39, 0.29) is 23.9 Å². The number of rotatable bonds is 7. The molecule has 0 aromatic carbocycles. The Morgan fingerprint density at radius 3 is 2.71 bits per heavy atom. The number of nitrogens with one attached hydrogen (secondary N) is 1. The van der Waals surface area contributed by atoms with Crippen LogP contribution in [0.15, 0.2) is 34.9 Å². The van der Waals surface area contributed by atoms with Crippen molar-refractivity contribution in [2.24, 2.45) is 0 Å². The van der Waals surface area contributed by atoms with Crippen molar-refractivity contribution in [1.82, 2.24) is 14.8 Å². The van der Waals surface area contributed by atoms with Crippen LogP contribution in [0, 0.1) is 0 Å². The van der Waals surface area contributed by atoms with E-state index in [1.807, 2.05) is 30.0 Å². The van der Waals surface area contributed by atoms with E-state index in [0.29, 0.717) is 12.2 Å². The summed E-state index contributed by atoms with van der Waals surface area (Å²) in [7, 11) is 0. The monoisotopic (exact) mass is 495 g/mol. The first-order valence-electron chi connectivity index (χ1n) is 13.2. The number of hydrogen-bond acceptors (Lipinski definition) is 4. The summed E-state index contributed by atoms with van der Waals surface area (Å²) in [5.74, 6) is 0.825. The van der Waals surface area contributed by atoms with E-state index in [4.69, 9.17) is 4.42 Å². The first kappa shape index (κ1) is 24.2. The third-order valence-electron chi connectivity index (χ3n) is 7.93. The van der Waals surface area contributed by atoms with Crippen LogP contribution in [0.2, 0.25) is 0 Å². The van der Waals surface area contributed by atoms with Gasteiger partial charge in [-0.3, -0.25) is 9.59 Å². The molecule has 7 heteroatoms. The molecule has 0 spiro atoms. The van der Waals surface area contributed by atoms with Crippen LogP contribution in [-0.2, 0) is 24.2 Å². The highest BCUT2D eigenvalue weighted by molar-refractivity contribution is 7.19. The average Bonchev–Trinajstić information content (AvgIpc) is 3.52. The molecule has 188 valence electrons. The Morgan fingerprint density at radius 2 is 2.03 bits per heavy atom. The molecule has 5 rings (SSSR count). The molecule has 0 radical (unpaired) electrons. The molecule has 6 nitrogen and oxygen atoms in total. The van der Waals surface area contributed by atoms with Gasteiger partial charge in [0, 0.05) is 23.4 Å². The van der Waals surface area contributed by atoms with Gasteiger partial charge in [0.15, 0.2) is 0 Å². The molecule has 1 saturated carbocycles. The number of carbonyl (C=O) groups is 2. The molecule has 1 fully saturated rings. The lowest BCUT2D eigenvalue weighted by molar-refractivity contribution is -0.135. The van der Waals surface area contributed by atoms with Crippen molar-refractivity contribution in [3.05, 3.63) is 46.9 Å². The van der Waals surface area contributed by atoms with Gasteiger partial charge in [-0.15, -0.1) is 11.3 Å². The lowest BCUT2D eigenvalue weighted by atomic mass is 9.91. The van der Waals surface area contributed by atoms with Crippen LogP contribution in [0.3, 0.4) is 0 Å². The minimum atomic E-state index is -0.959. The normalized spacial score (nSPS) is 22.3. The zero-order valence-electron chi connectivity index (χ0n) is 21.1. The SMILES string of the molecule is CCc1cc2c(cc3n2CC(C)(C(=O)NC2CCCCCC2)N(C(C)CCc2ccco2)C3=O)s1. The first-order valence-corrected chi connectivity index (χ1v) is 14.0. The Bertz CT molecular complexity index is 1190. The van der Waals surface area contributed by atoms with Crippen molar-refractivity contribution >= 4 is 33.4 Å². The zero-order chi connectivity index (χ0) is 24.6. The zero-order valence-corrected chi connectivity index (χ0v) is 22.0. The molecular formula is C28H37N3O3S. The summed E-state index contributed by atoms with van der Waals surface area (Å²) in [5.41, 5.74) is 0.809. The molecule has 1 aliphatic carbocycles. The van der Waals surface area contributed by atoms with Gasteiger partial charge >= 0.3 is 0 Å². The number of nitrogens with zero attached hydrogens (tertiary/aromatic N) is 2. The Balaban J connectivity index is 1.48. The van der Waals surface area contributed by atoms with Crippen molar-refractivity contribution in [1.29, 1.82) is 0 Å². The third kappa shape index (κ3) is 4.55. The molecule has 2 amide bonds. The third-order valence-corrected chi connectivity index (χ3v) is 9.15. The van der Waals surface area contributed by atoms with Gasteiger partial charge in [-0.1, -0.05) is 32.6 Å². The number of furan rings is 1. The minimum absolute atomic E-state index is 0.0268. The van der Waals surface area contributed by atoms with Crippen molar-refractivity contribution in [3.63, 3.8) is 0 Å². The Kier molecular flexibility index (Phi) is 6.80. The summed E-state index contributed by atoms with van der Waals surface area (Å²) in [6, 6.07) is 8.15. The van der Waals surface area contributed by atoms with Gasteiger partial charge in [0.05, 0.1) is 23.0 Å². The van der Waals surface area contributed by atoms with Gasteiger partial charge in [-0.25, -0.2) is 0 Å². The van der Waals surface area contributed by atoms with Crippen LogP contribution in [-0.4, -0.2) is 38.9 Å². The highest BCUT2D eigenvalue weighted by Gasteiger charge is 2.50. The summed E-state index contributed by atoms with van der Waals surface area (Å²) in [5, 5.41) is 3.37. The molecule has 3 aromatic heterocycles. The van der Waals surface area contributed by atoms with Crippen LogP contribution < -0.4 is 5.32 Å². The maximum absolute atomic E-state index is 14.0. The van der Waals surface area contributed by atoms with Crippen LogP contribution in [0.1, 0.15) is 86.8 Å². The van der Waals surface area contributed by atoms with Crippen LogP contribution >= 0.6 is 11.3 Å². The molecule has 0 saturated heterocycles. The lowest BCUT2D eigenvalue weighted by Crippen LogP contribution is -2.67. The largest absolute Gasteiger partial charge is 0.469 e. The Hall–Kier alpha value is -2.54. The highest BCUT2D eigenvalue weighted by Crippen LogP contribution is 2.38. The van der Waals surface area contributed by atoms with Crippen molar-refractivity contribution in [2.75, 3.05) is 0 Å². The van der Waals surface area contributed by atoms with Crippen LogP contribution in [0.5, 0.6) is 0 Å². The number of fused-ring (bicyclic) bond motifs is 3. The summed E-state index contributed by atoms with van der Waals surface area (Å²) >= 11 is 1.75. The summed E-state index contributed by atoms with van der Waals surface area (Å²) in [6.07, 6.45) is 10.9. The Morgan fingerprint density at radius 1 is 1.26 bits per heavy atom. The topological polar surface area (TPSA) is 67.5 Å². The molecule has 3 aromatic rings. The molecule has 4 heterocycles. The second-order valence-electron chi connectivity index (χ2n) is 10.5. The molecule has 35 heavy (non-hydrogen) atoms. The Labute approximate surface area is 211 Å². The fourth-order valence-electron chi connectivity index (χ4n) is 5.91. The van der Waals surface area contributed by atoms with Gasteiger partial charge < -0.3 is 19.2 Å². The van der Waals surface area contributed by atoms with E-state index in [9.17, 15) is 9.59 Å². The predicted octanol–water partition coefficient (Wildman–Crippen LogP) is 5.93. The molecule has 1 N–H and O–H groups in total. The van der Waals surface area contributed by atoms with Gasteiger partial charge in [0.25, 0.3) is 5.91 Å². The first-order chi connectivity index (χ1) is 16.9. The fraction of sp³-hybridized carbons (Fsp3) is 0.571. The van der Waals surface area contributed by atoms with Gasteiger partial charge in [-0.05, 0) is 63.8 Å². The molecular weight excluding hydrogens is 458 g/mol. The van der Waals surface area contributed by atoms with Crippen molar-refractivity contribution in [2.45, 2.75) is 103 Å². The smallest absolute Gasteiger partial charge is 0.271 e. The fourth-order valence-corrected chi connectivity index (χ4v) is 6.96. The summed E-state index contributed by atoms with van der Waals surface area (Å²) < 4.78 is 8.75. The highest BCUT2D eigenvalue weighted by atomic mass is 32.1.